The summed E-state index contributed by atoms with van der Waals surface area (Å²) in [6.07, 6.45) is 5.53. The highest BCUT2D eigenvalue weighted by atomic mass is 16.3. The predicted octanol–water partition coefficient (Wildman–Crippen LogP) is 2.79. The van der Waals surface area contributed by atoms with Crippen molar-refractivity contribution in [2.75, 3.05) is 0 Å². The number of aromatic nitrogens is 1. The highest BCUT2D eigenvalue weighted by Crippen LogP contribution is 2.30. The molecule has 0 aromatic carbocycles. The molecular weight excluding hydrogens is 238 g/mol. The zero-order chi connectivity index (χ0) is 14.0. The van der Waals surface area contributed by atoms with Gasteiger partial charge in [0.25, 0.3) is 5.56 Å². The summed E-state index contributed by atoms with van der Waals surface area (Å²) in [6, 6.07) is 1.95. The van der Waals surface area contributed by atoms with Gasteiger partial charge >= 0.3 is 0 Å². The van der Waals surface area contributed by atoms with Gasteiger partial charge in [0.1, 0.15) is 0 Å². The lowest BCUT2D eigenvalue weighted by Crippen LogP contribution is -2.24. The van der Waals surface area contributed by atoms with Gasteiger partial charge in [0.2, 0.25) is 0 Å². The zero-order valence-corrected chi connectivity index (χ0v) is 11.7. The van der Waals surface area contributed by atoms with Gasteiger partial charge < -0.3 is 9.67 Å². The highest BCUT2D eigenvalue weighted by molar-refractivity contribution is 5.78. The van der Waals surface area contributed by atoms with Crippen molar-refractivity contribution in [1.29, 1.82) is 0 Å². The van der Waals surface area contributed by atoms with E-state index >= 15 is 0 Å². The Hall–Kier alpha value is -1.61. The van der Waals surface area contributed by atoms with E-state index in [-0.39, 0.29) is 12.2 Å². The normalized spacial score (nSPS) is 16.2. The molecule has 0 spiro atoms. The minimum atomic E-state index is -0.202. The second-order valence-corrected chi connectivity index (χ2v) is 5.09. The van der Waals surface area contributed by atoms with Crippen LogP contribution < -0.4 is 5.56 Å². The van der Waals surface area contributed by atoms with E-state index in [4.69, 9.17) is 0 Å². The van der Waals surface area contributed by atoms with Crippen molar-refractivity contribution in [3.8, 4) is 0 Å². The molecule has 1 aliphatic heterocycles. The van der Waals surface area contributed by atoms with Crippen LogP contribution in [0.3, 0.4) is 0 Å². The molecule has 2 heterocycles. The summed E-state index contributed by atoms with van der Waals surface area (Å²) in [4.78, 5) is 12.3. The van der Waals surface area contributed by atoms with Crippen molar-refractivity contribution in [3.05, 3.63) is 51.5 Å². The van der Waals surface area contributed by atoms with E-state index in [2.05, 4.69) is 19.6 Å². The lowest BCUT2D eigenvalue weighted by molar-refractivity contribution is 0.278. The SMILES string of the molecule is C=C1/C(=C/CCCC)Cn2c1cc(C)c(CO)c2=O. The molecular formula is C16H21NO2. The van der Waals surface area contributed by atoms with Gasteiger partial charge in [-0.15, -0.1) is 0 Å². The minimum absolute atomic E-state index is 0.0856. The Bertz CT molecular complexity index is 594. The predicted molar refractivity (Wildman–Crippen MR) is 78.0 cm³/mol. The average Bonchev–Trinajstić information content (AvgIpc) is 2.69. The Labute approximate surface area is 113 Å². The molecule has 19 heavy (non-hydrogen) atoms. The van der Waals surface area contributed by atoms with Gasteiger partial charge in [-0.3, -0.25) is 4.79 Å². The first-order valence-electron chi connectivity index (χ1n) is 6.83. The van der Waals surface area contributed by atoms with Crippen molar-refractivity contribution in [3.63, 3.8) is 0 Å². The van der Waals surface area contributed by atoms with Gasteiger partial charge in [0, 0.05) is 5.56 Å². The largest absolute Gasteiger partial charge is 0.391 e. The fraction of sp³-hybridized carbons (Fsp3) is 0.438. The average molecular weight is 259 g/mol. The molecule has 0 radical (unpaired) electrons. The molecule has 102 valence electrons. The van der Waals surface area contributed by atoms with Crippen molar-refractivity contribution in [2.24, 2.45) is 0 Å². The molecule has 0 unspecified atom stereocenters. The van der Waals surface area contributed by atoms with E-state index in [1.807, 2.05) is 13.0 Å². The fourth-order valence-electron chi connectivity index (χ4n) is 2.51. The van der Waals surface area contributed by atoms with Crippen LogP contribution in [0.15, 0.2) is 29.1 Å². The van der Waals surface area contributed by atoms with E-state index in [9.17, 15) is 9.90 Å². The Morgan fingerprint density at radius 2 is 2.26 bits per heavy atom. The van der Waals surface area contributed by atoms with Gasteiger partial charge in [-0.2, -0.15) is 0 Å². The fourth-order valence-corrected chi connectivity index (χ4v) is 2.51. The van der Waals surface area contributed by atoms with E-state index in [1.165, 1.54) is 0 Å². The molecule has 1 aliphatic rings. The van der Waals surface area contributed by atoms with Gasteiger partial charge in [-0.05, 0) is 36.1 Å². The number of aliphatic hydroxyl groups excluding tert-OH is 1. The number of rotatable bonds is 4. The van der Waals surface area contributed by atoms with E-state index in [1.54, 1.807) is 4.57 Å². The Morgan fingerprint density at radius 1 is 1.53 bits per heavy atom. The van der Waals surface area contributed by atoms with Crippen LogP contribution in [0.25, 0.3) is 5.57 Å². The molecule has 0 aliphatic carbocycles. The van der Waals surface area contributed by atoms with Crippen LogP contribution in [0, 0.1) is 6.92 Å². The molecule has 3 nitrogen and oxygen atoms in total. The van der Waals surface area contributed by atoms with Crippen LogP contribution in [-0.4, -0.2) is 9.67 Å². The molecule has 3 heteroatoms. The first-order chi connectivity index (χ1) is 9.10. The minimum Gasteiger partial charge on any atom is -0.391 e. The van der Waals surface area contributed by atoms with Crippen LogP contribution >= 0.6 is 0 Å². The van der Waals surface area contributed by atoms with Gasteiger partial charge in [-0.25, -0.2) is 0 Å². The van der Waals surface area contributed by atoms with Gasteiger partial charge in [-0.1, -0.05) is 32.4 Å². The summed E-state index contributed by atoms with van der Waals surface area (Å²) < 4.78 is 1.72. The van der Waals surface area contributed by atoms with Gasteiger partial charge in [0.15, 0.2) is 0 Å². The van der Waals surface area contributed by atoms with E-state index in [0.717, 1.165) is 41.7 Å². The summed E-state index contributed by atoms with van der Waals surface area (Å²) in [5.41, 5.74) is 4.22. The molecule has 0 atom stereocenters. The number of unbranched alkanes of at least 4 members (excludes halogenated alkanes) is 2. The van der Waals surface area contributed by atoms with Gasteiger partial charge in [0.05, 0.1) is 18.8 Å². The first kappa shape index (κ1) is 13.8. The monoisotopic (exact) mass is 259 g/mol. The molecule has 2 rings (SSSR count). The van der Waals surface area contributed by atoms with E-state index in [0.29, 0.717) is 12.1 Å². The number of nitrogens with zero attached hydrogens (tertiary/aromatic N) is 1. The standard InChI is InChI=1S/C16H21NO2/c1-4-5-6-7-13-9-17-15(12(13)3)8-11(2)14(10-18)16(17)19/h7-8,18H,3-6,9-10H2,1-2H3/b13-7+. The van der Waals surface area contributed by atoms with Crippen LogP contribution in [0.1, 0.15) is 43.0 Å². The van der Waals surface area contributed by atoms with Crippen LogP contribution in [0.5, 0.6) is 0 Å². The summed E-state index contributed by atoms with van der Waals surface area (Å²) in [5.74, 6) is 0. The Morgan fingerprint density at radius 3 is 2.89 bits per heavy atom. The van der Waals surface area contributed by atoms with Crippen molar-refractivity contribution < 1.29 is 5.11 Å². The molecule has 0 amide bonds. The number of fused-ring (bicyclic) bond motifs is 1. The summed E-state index contributed by atoms with van der Waals surface area (Å²) >= 11 is 0. The molecule has 1 aromatic rings. The molecule has 0 bridgehead atoms. The lowest BCUT2D eigenvalue weighted by Gasteiger charge is -2.07. The molecule has 0 saturated carbocycles. The molecule has 1 N–H and O–H groups in total. The van der Waals surface area contributed by atoms with Crippen LogP contribution in [-0.2, 0) is 13.2 Å². The maximum Gasteiger partial charge on any atom is 0.257 e. The van der Waals surface area contributed by atoms with Crippen LogP contribution in [0.4, 0.5) is 0 Å². The van der Waals surface area contributed by atoms with Crippen molar-refractivity contribution in [1.82, 2.24) is 4.57 Å². The number of aryl methyl sites for hydroxylation is 1. The van der Waals surface area contributed by atoms with Crippen molar-refractivity contribution >= 4 is 5.57 Å². The second-order valence-electron chi connectivity index (χ2n) is 5.09. The van der Waals surface area contributed by atoms with Crippen LogP contribution in [0.2, 0.25) is 0 Å². The maximum absolute atomic E-state index is 12.3. The zero-order valence-electron chi connectivity index (χ0n) is 11.7. The topological polar surface area (TPSA) is 42.2 Å². The maximum atomic E-state index is 12.3. The number of aliphatic hydroxyl groups is 1. The summed E-state index contributed by atoms with van der Waals surface area (Å²) in [7, 11) is 0. The quantitative estimate of drug-likeness (QED) is 0.845. The number of hydrogen-bond acceptors (Lipinski definition) is 2. The summed E-state index contributed by atoms with van der Waals surface area (Å²) in [5, 5.41) is 9.29. The number of pyridine rings is 1. The molecule has 0 fully saturated rings. The van der Waals surface area contributed by atoms with E-state index < -0.39 is 0 Å². The highest BCUT2D eigenvalue weighted by Gasteiger charge is 2.22. The third kappa shape index (κ3) is 2.43. The third-order valence-electron chi connectivity index (χ3n) is 3.76. The number of hydrogen-bond donors (Lipinski definition) is 1. The molecule has 1 aromatic heterocycles. The number of allylic oxidation sites excluding steroid dienone is 3. The Balaban J connectivity index is 2.41. The summed E-state index contributed by atoms with van der Waals surface area (Å²) in [6.45, 7) is 8.51. The molecule has 0 saturated heterocycles. The third-order valence-corrected chi connectivity index (χ3v) is 3.76. The first-order valence-corrected chi connectivity index (χ1v) is 6.83. The second kappa shape index (κ2) is 5.57. The van der Waals surface area contributed by atoms with Crippen molar-refractivity contribution in [2.45, 2.75) is 46.3 Å². The smallest absolute Gasteiger partial charge is 0.257 e. The lowest BCUT2D eigenvalue weighted by atomic mass is 10.0. The Kier molecular flexibility index (Phi) is 4.05.